The molecule has 1 amide bonds. The number of ether oxygens (including phenoxy) is 1. The number of nitrogens with zero attached hydrogens (tertiary/aromatic N) is 4. The predicted octanol–water partition coefficient (Wildman–Crippen LogP) is 2.84. The molecule has 1 aromatic carbocycles. The van der Waals surface area contributed by atoms with E-state index in [0.29, 0.717) is 17.5 Å². The number of carbonyl (C=O) groups excluding carboxylic acids is 1. The summed E-state index contributed by atoms with van der Waals surface area (Å²) in [6, 6.07) is 3.16. The number of primary amides is 1. The smallest absolute Gasteiger partial charge is 0.269 e. The number of carbonyl (C=O) groups is 1. The number of aryl methyl sites for hydroxylation is 1. The maximum Gasteiger partial charge on any atom is 0.269 e. The van der Waals surface area contributed by atoms with Gasteiger partial charge in [-0.3, -0.25) is 4.79 Å². The molecule has 1 aliphatic heterocycles. The summed E-state index contributed by atoms with van der Waals surface area (Å²) >= 11 is 5.99. The average molecular weight is 390 g/mol. The molecule has 140 valence electrons. The summed E-state index contributed by atoms with van der Waals surface area (Å²) in [5, 5.41) is 4.66. The van der Waals surface area contributed by atoms with Crippen molar-refractivity contribution in [2.24, 2.45) is 5.73 Å². The van der Waals surface area contributed by atoms with Crippen LogP contribution < -0.4 is 11.5 Å². The van der Waals surface area contributed by atoms with E-state index < -0.39 is 12.8 Å². The third kappa shape index (κ3) is 3.00. The summed E-state index contributed by atoms with van der Waals surface area (Å²) in [4.78, 5) is 19.7. The Morgan fingerprint density at radius 1 is 1.41 bits per heavy atom. The third-order valence-electron chi connectivity index (χ3n) is 4.60. The van der Waals surface area contributed by atoms with Gasteiger partial charge in [-0.25, -0.2) is 14.6 Å². The van der Waals surface area contributed by atoms with Crippen LogP contribution in [0.4, 0.5) is 5.69 Å². The average Bonchev–Trinajstić information content (AvgIpc) is 3.13. The highest BCUT2D eigenvalue weighted by molar-refractivity contribution is 6.28. The lowest BCUT2D eigenvalue weighted by Crippen LogP contribution is -2.19. The van der Waals surface area contributed by atoms with E-state index in [1.807, 2.05) is 0 Å². The molecule has 1 saturated heterocycles. The lowest BCUT2D eigenvalue weighted by Gasteiger charge is -2.23. The number of benzene rings is 1. The first kappa shape index (κ1) is 14.4. The van der Waals surface area contributed by atoms with Gasteiger partial charge in [0.25, 0.3) is 5.91 Å². The molecule has 3 heterocycles. The second-order valence-electron chi connectivity index (χ2n) is 6.30. The Kier molecular flexibility index (Phi) is 3.61. The molecule has 0 aliphatic carbocycles. The maximum atomic E-state index is 11.8. The first-order valence-electron chi connectivity index (χ1n) is 9.94. The fourth-order valence-corrected chi connectivity index (χ4v) is 3.51. The van der Waals surface area contributed by atoms with Crippen molar-refractivity contribution < 1.29 is 13.6 Å². The molecular weight excluding hydrogens is 368 g/mol. The van der Waals surface area contributed by atoms with Crippen LogP contribution in [-0.4, -0.2) is 32.3 Å². The van der Waals surface area contributed by atoms with E-state index in [2.05, 4.69) is 15.1 Å². The van der Waals surface area contributed by atoms with Gasteiger partial charge in [-0.05, 0) is 49.3 Å². The lowest BCUT2D eigenvalue weighted by molar-refractivity contribution is -0.0366. The standard InChI is InChI=1S/C18H19ClN6O2/c1-9-5-6-11-10(8-22-25(11)12-4-2-3-7-27-12)13(9)15-14(20)16(17(21)26)24-18(19)23-15/h5-6,8,12H,2-4,7,20H2,1H3,(H2,21,26)/i1D3. The van der Waals surface area contributed by atoms with Crippen LogP contribution in [0.15, 0.2) is 18.3 Å². The van der Waals surface area contributed by atoms with Crippen LogP contribution >= 0.6 is 11.6 Å². The molecule has 0 spiro atoms. The molecule has 0 radical (unpaired) electrons. The molecule has 0 saturated carbocycles. The van der Waals surface area contributed by atoms with E-state index >= 15 is 0 Å². The Morgan fingerprint density at radius 3 is 2.96 bits per heavy atom. The quantitative estimate of drug-likeness (QED) is 0.664. The molecule has 2 aromatic heterocycles. The Bertz CT molecular complexity index is 1140. The van der Waals surface area contributed by atoms with Crippen molar-refractivity contribution in [2.45, 2.75) is 32.3 Å². The number of hydrogen-bond donors (Lipinski definition) is 2. The number of halogens is 1. The van der Waals surface area contributed by atoms with Crippen molar-refractivity contribution in [3.05, 3.63) is 34.9 Å². The Morgan fingerprint density at radius 2 is 2.26 bits per heavy atom. The van der Waals surface area contributed by atoms with E-state index in [0.717, 1.165) is 19.3 Å². The van der Waals surface area contributed by atoms with Crippen LogP contribution in [0.1, 0.15) is 45.7 Å². The summed E-state index contributed by atoms with van der Waals surface area (Å²) in [6.45, 7) is -1.85. The number of aromatic nitrogens is 4. The molecule has 1 aliphatic rings. The number of rotatable bonds is 3. The van der Waals surface area contributed by atoms with E-state index in [1.54, 1.807) is 10.7 Å². The summed E-state index contributed by atoms with van der Waals surface area (Å²) in [5.74, 6) is -0.896. The van der Waals surface area contributed by atoms with Crippen molar-refractivity contribution in [3.63, 3.8) is 0 Å². The van der Waals surface area contributed by atoms with Gasteiger partial charge in [-0.15, -0.1) is 0 Å². The minimum absolute atomic E-state index is 0.00370. The van der Waals surface area contributed by atoms with Crippen molar-refractivity contribution in [3.8, 4) is 11.3 Å². The summed E-state index contributed by atoms with van der Waals surface area (Å²) in [5.41, 5.74) is 11.9. The van der Waals surface area contributed by atoms with Crippen molar-refractivity contribution >= 4 is 34.1 Å². The fraction of sp³-hybridized carbons (Fsp3) is 0.333. The minimum Gasteiger partial charge on any atom is -0.395 e. The lowest BCUT2D eigenvalue weighted by atomic mass is 9.99. The molecule has 8 nitrogen and oxygen atoms in total. The third-order valence-corrected chi connectivity index (χ3v) is 4.77. The van der Waals surface area contributed by atoms with E-state index in [-0.39, 0.29) is 39.7 Å². The molecule has 4 N–H and O–H groups in total. The van der Waals surface area contributed by atoms with Gasteiger partial charge < -0.3 is 16.2 Å². The molecule has 1 unspecified atom stereocenters. The number of nitrogen functional groups attached to an aromatic ring is 1. The van der Waals surface area contributed by atoms with Gasteiger partial charge in [0, 0.05) is 21.7 Å². The monoisotopic (exact) mass is 389 g/mol. The molecule has 0 bridgehead atoms. The summed E-state index contributed by atoms with van der Waals surface area (Å²) in [7, 11) is 0. The molecule has 1 fully saturated rings. The molecule has 4 rings (SSSR count). The second kappa shape index (κ2) is 6.79. The largest absolute Gasteiger partial charge is 0.395 e. The van der Waals surface area contributed by atoms with Crippen molar-refractivity contribution in [2.75, 3.05) is 12.3 Å². The highest BCUT2D eigenvalue weighted by atomic mass is 35.5. The van der Waals surface area contributed by atoms with Crippen LogP contribution in [0.2, 0.25) is 5.28 Å². The molecule has 1 atom stereocenters. The second-order valence-corrected chi connectivity index (χ2v) is 6.64. The number of amides is 1. The van der Waals surface area contributed by atoms with Gasteiger partial charge in [-0.2, -0.15) is 5.10 Å². The van der Waals surface area contributed by atoms with Gasteiger partial charge in [0.05, 0.1) is 23.1 Å². The zero-order chi connectivity index (χ0) is 21.6. The van der Waals surface area contributed by atoms with Gasteiger partial charge in [0.1, 0.15) is 0 Å². The normalized spacial score (nSPS) is 19.4. The maximum absolute atomic E-state index is 11.8. The Hall–Kier alpha value is -2.71. The first-order chi connectivity index (χ1) is 14.2. The number of anilines is 1. The fourth-order valence-electron chi connectivity index (χ4n) is 3.34. The molecule has 27 heavy (non-hydrogen) atoms. The van der Waals surface area contributed by atoms with Crippen LogP contribution in [0.25, 0.3) is 22.2 Å². The molecular formula is C18H19ClN6O2. The van der Waals surface area contributed by atoms with E-state index in [1.165, 1.54) is 12.3 Å². The van der Waals surface area contributed by atoms with E-state index in [9.17, 15) is 4.79 Å². The molecule has 9 heteroatoms. The first-order valence-corrected chi connectivity index (χ1v) is 8.81. The van der Waals surface area contributed by atoms with Gasteiger partial charge in [-0.1, -0.05) is 6.07 Å². The molecule has 3 aromatic rings. The highest BCUT2D eigenvalue weighted by Crippen LogP contribution is 2.37. The number of fused-ring (bicyclic) bond motifs is 1. The summed E-state index contributed by atoms with van der Waals surface area (Å²) < 4.78 is 31.5. The number of hydrogen-bond acceptors (Lipinski definition) is 6. The van der Waals surface area contributed by atoms with Crippen LogP contribution in [0.3, 0.4) is 0 Å². The van der Waals surface area contributed by atoms with Gasteiger partial charge in [0.15, 0.2) is 11.9 Å². The van der Waals surface area contributed by atoms with Crippen LogP contribution in [-0.2, 0) is 4.74 Å². The predicted molar refractivity (Wildman–Crippen MR) is 102 cm³/mol. The Labute approximate surface area is 164 Å². The number of nitrogens with two attached hydrogens (primary N) is 2. The highest BCUT2D eigenvalue weighted by Gasteiger charge is 2.23. The van der Waals surface area contributed by atoms with Crippen molar-refractivity contribution in [1.82, 2.24) is 19.7 Å². The van der Waals surface area contributed by atoms with Crippen LogP contribution in [0.5, 0.6) is 0 Å². The van der Waals surface area contributed by atoms with Crippen molar-refractivity contribution in [1.29, 1.82) is 0 Å². The minimum atomic E-state index is -2.48. The zero-order valence-electron chi connectivity index (χ0n) is 17.3. The van der Waals surface area contributed by atoms with Gasteiger partial charge >= 0.3 is 0 Å². The SMILES string of the molecule is [2H]C([2H])([2H])c1ccc2c(cnn2C2CCCCO2)c1-c1nc(Cl)nc(C(N)=O)c1N. The summed E-state index contributed by atoms with van der Waals surface area (Å²) in [6.07, 6.45) is 4.06. The Balaban J connectivity index is 2.03. The topological polar surface area (TPSA) is 122 Å². The zero-order valence-corrected chi connectivity index (χ0v) is 15.0. The van der Waals surface area contributed by atoms with E-state index in [4.69, 9.17) is 31.9 Å². The van der Waals surface area contributed by atoms with Crippen LogP contribution in [0, 0.1) is 6.85 Å². The van der Waals surface area contributed by atoms with Gasteiger partial charge in [0.2, 0.25) is 5.28 Å².